The number of ketones is 1. The third-order valence-corrected chi connectivity index (χ3v) is 4.42. The number of nitrogens with zero attached hydrogens (tertiary/aromatic N) is 3. The van der Waals surface area contributed by atoms with Gasteiger partial charge in [0.1, 0.15) is 23.0 Å². The Bertz CT molecular complexity index is 1190. The summed E-state index contributed by atoms with van der Waals surface area (Å²) in [7, 11) is 0. The largest absolute Gasteiger partial charge is 0.462 e. The smallest absolute Gasteiger partial charge is 0.348 e. The summed E-state index contributed by atoms with van der Waals surface area (Å²) in [5.74, 6) is -0.179. The molecule has 2 heterocycles. The molecule has 0 unspecified atom stereocenters. The lowest BCUT2D eigenvalue weighted by Gasteiger charge is -2.15. The average Bonchev–Trinajstić information content (AvgIpc) is 3.15. The number of H-pyrrole nitrogens is 1. The summed E-state index contributed by atoms with van der Waals surface area (Å²) in [6, 6.07) is 8.95. The fraction of sp³-hybridized carbons (Fsp3) is 0.261. The van der Waals surface area contributed by atoms with Crippen LogP contribution in [0.4, 0.5) is 11.5 Å². The van der Waals surface area contributed by atoms with Gasteiger partial charge in [-0.3, -0.25) is 4.79 Å². The summed E-state index contributed by atoms with van der Waals surface area (Å²) in [4.78, 5) is 36.3. The lowest BCUT2D eigenvalue weighted by molar-refractivity contribution is -0.137. The molecular formula is C23H23N5O3. The van der Waals surface area contributed by atoms with Crippen molar-refractivity contribution in [1.29, 1.82) is 5.26 Å². The van der Waals surface area contributed by atoms with Crippen molar-refractivity contribution in [3.63, 3.8) is 0 Å². The minimum Gasteiger partial charge on any atom is -0.462 e. The van der Waals surface area contributed by atoms with Crippen LogP contribution in [0.3, 0.4) is 0 Å². The number of ether oxygens (including phenoxy) is 1. The predicted octanol–water partition coefficient (Wildman–Crippen LogP) is 4.40. The highest BCUT2D eigenvalue weighted by Gasteiger charge is 2.26. The van der Waals surface area contributed by atoms with Crippen molar-refractivity contribution in [2.45, 2.75) is 27.7 Å². The first-order valence-electron chi connectivity index (χ1n) is 9.78. The maximum Gasteiger partial charge on any atom is 0.348 e. The molecule has 8 nitrogen and oxygen atoms in total. The van der Waals surface area contributed by atoms with E-state index >= 15 is 0 Å². The molecule has 0 spiro atoms. The maximum absolute atomic E-state index is 12.7. The molecular weight excluding hydrogens is 394 g/mol. The summed E-state index contributed by atoms with van der Waals surface area (Å²) in [6.07, 6.45) is 4.68. The van der Waals surface area contributed by atoms with Gasteiger partial charge >= 0.3 is 5.97 Å². The Morgan fingerprint density at radius 1 is 1.26 bits per heavy atom. The van der Waals surface area contributed by atoms with E-state index in [9.17, 15) is 9.59 Å². The lowest BCUT2D eigenvalue weighted by atomic mass is 9.87. The van der Waals surface area contributed by atoms with E-state index < -0.39 is 11.4 Å². The molecule has 0 saturated carbocycles. The maximum atomic E-state index is 12.7. The van der Waals surface area contributed by atoms with Gasteiger partial charge in [0.25, 0.3) is 0 Å². The van der Waals surface area contributed by atoms with Crippen molar-refractivity contribution in [3.05, 3.63) is 53.4 Å². The van der Waals surface area contributed by atoms with Crippen LogP contribution in [0.25, 0.3) is 17.2 Å². The number of rotatable bonds is 6. The van der Waals surface area contributed by atoms with Gasteiger partial charge in [-0.15, -0.1) is 0 Å². The van der Waals surface area contributed by atoms with Crippen molar-refractivity contribution in [2.75, 3.05) is 11.9 Å². The molecule has 31 heavy (non-hydrogen) atoms. The molecule has 3 aromatic rings. The molecule has 0 saturated heterocycles. The second kappa shape index (κ2) is 8.79. The number of nitrogens with one attached hydrogen (secondary N) is 2. The third kappa shape index (κ3) is 4.95. The summed E-state index contributed by atoms with van der Waals surface area (Å²) < 4.78 is 4.86. The Morgan fingerprint density at radius 3 is 2.58 bits per heavy atom. The average molecular weight is 417 g/mol. The number of aromatic nitrogens is 3. The number of aromatic amines is 1. The van der Waals surface area contributed by atoms with Gasteiger partial charge in [0, 0.05) is 17.3 Å². The lowest BCUT2D eigenvalue weighted by Crippen LogP contribution is -2.20. The molecule has 0 bridgehead atoms. The SMILES string of the molecule is CCOC(=O)/C(C#N)=C\c1ccc(Nc2cnc3[nH]cc(C(=O)C(C)(C)C)c3n2)cc1. The normalized spacial score (nSPS) is 11.8. The van der Waals surface area contributed by atoms with Crippen LogP contribution < -0.4 is 5.32 Å². The summed E-state index contributed by atoms with van der Waals surface area (Å²) in [6.45, 7) is 7.47. The van der Waals surface area contributed by atoms with E-state index in [0.29, 0.717) is 28.1 Å². The molecule has 3 rings (SSSR count). The van der Waals surface area contributed by atoms with Crippen LogP contribution in [0.15, 0.2) is 42.2 Å². The fourth-order valence-corrected chi connectivity index (χ4v) is 2.85. The van der Waals surface area contributed by atoms with Gasteiger partial charge in [0.15, 0.2) is 11.4 Å². The van der Waals surface area contributed by atoms with Gasteiger partial charge in [-0.1, -0.05) is 32.9 Å². The number of hydrogen-bond donors (Lipinski definition) is 2. The number of benzene rings is 1. The van der Waals surface area contributed by atoms with Gasteiger partial charge in [-0.05, 0) is 30.7 Å². The first-order valence-corrected chi connectivity index (χ1v) is 9.78. The summed E-state index contributed by atoms with van der Waals surface area (Å²) in [5.41, 5.74) is 2.37. The summed E-state index contributed by atoms with van der Waals surface area (Å²) in [5, 5.41) is 12.3. The number of hydrogen-bond acceptors (Lipinski definition) is 7. The van der Waals surface area contributed by atoms with Crippen molar-refractivity contribution in [2.24, 2.45) is 5.41 Å². The Balaban J connectivity index is 1.82. The Kier molecular flexibility index (Phi) is 6.16. The minimum absolute atomic E-state index is 0.0174. The van der Waals surface area contributed by atoms with Crippen LogP contribution >= 0.6 is 0 Å². The second-order valence-electron chi connectivity index (χ2n) is 7.87. The molecule has 2 aromatic heterocycles. The highest BCUT2D eigenvalue weighted by atomic mass is 16.5. The van der Waals surface area contributed by atoms with Crippen LogP contribution in [0.5, 0.6) is 0 Å². The fourth-order valence-electron chi connectivity index (χ4n) is 2.85. The van der Waals surface area contributed by atoms with E-state index in [1.807, 2.05) is 26.8 Å². The zero-order chi connectivity index (χ0) is 22.6. The van der Waals surface area contributed by atoms with Gasteiger partial charge in [-0.25, -0.2) is 14.8 Å². The highest BCUT2D eigenvalue weighted by molar-refractivity contribution is 6.08. The number of carbonyl (C=O) groups excluding carboxylic acids is 2. The Hall–Kier alpha value is -3.99. The molecule has 0 amide bonds. The first-order chi connectivity index (χ1) is 14.7. The zero-order valence-electron chi connectivity index (χ0n) is 17.8. The summed E-state index contributed by atoms with van der Waals surface area (Å²) >= 11 is 0. The van der Waals surface area contributed by atoms with Crippen LogP contribution in [-0.4, -0.2) is 33.3 Å². The molecule has 1 aromatic carbocycles. The third-order valence-electron chi connectivity index (χ3n) is 4.42. The van der Waals surface area contributed by atoms with Crippen LogP contribution in [0.2, 0.25) is 0 Å². The number of fused-ring (bicyclic) bond motifs is 1. The van der Waals surface area contributed by atoms with Gasteiger partial charge in [0.05, 0.1) is 18.4 Å². The van der Waals surface area contributed by atoms with Crippen molar-refractivity contribution < 1.29 is 14.3 Å². The van der Waals surface area contributed by atoms with Crippen molar-refractivity contribution in [3.8, 4) is 6.07 Å². The monoisotopic (exact) mass is 417 g/mol. The second-order valence-corrected chi connectivity index (χ2v) is 7.87. The molecule has 158 valence electrons. The van der Waals surface area contributed by atoms with E-state index in [1.54, 1.807) is 43.6 Å². The van der Waals surface area contributed by atoms with Crippen molar-refractivity contribution in [1.82, 2.24) is 15.0 Å². The van der Waals surface area contributed by atoms with E-state index in [0.717, 1.165) is 5.69 Å². The van der Waals surface area contributed by atoms with Crippen LogP contribution in [0.1, 0.15) is 43.6 Å². The van der Waals surface area contributed by atoms with E-state index in [1.165, 1.54) is 6.08 Å². The van der Waals surface area contributed by atoms with E-state index in [-0.39, 0.29) is 18.0 Å². The van der Waals surface area contributed by atoms with Crippen LogP contribution in [0, 0.1) is 16.7 Å². The Morgan fingerprint density at radius 2 is 1.97 bits per heavy atom. The first kappa shape index (κ1) is 21.7. The van der Waals surface area contributed by atoms with Gasteiger partial charge < -0.3 is 15.0 Å². The Labute approximate surface area is 180 Å². The molecule has 0 radical (unpaired) electrons. The topological polar surface area (TPSA) is 121 Å². The standard InChI is InChI=1S/C23H23N5O3/c1-5-31-22(30)15(11-24)10-14-6-8-16(9-7-14)27-18-13-26-21-19(28-18)17(12-25-21)20(29)23(2,3)4/h6-10,12-13H,5H2,1-4H3,(H,25,26)(H,27,28)/b15-10-. The van der Waals surface area contributed by atoms with Crippen LogP contribution in [-0.2, 0) is 9.53 Å². The number of nitriles is 1. The highest BCUT2D eigenvalue weighted by Crippen LogP contribution is 2.26. The van der Waals surface area contributed by atoms with Gasteiger partial charge in [0.2, 0.25) is 0 Å². The molecule has 0 aliphatic carbocycles. The molecule has 0 fully saturated rings. The molecule has 0 aliphatic heterocycles. The quantitative estimate of drug-likeness (QED) is 0.264. The number of anilines is 2. The van der Waals surface area contributed by atoms with Crippen molar-refractivity contribution >= 4 is 40.5 Å². The molecule has 2 N–H and O–H groups in total. The number of Topliss-reactive ketones (excluding diaryl/α,β-unsaturated/α-hetero) is 1. The number of esters is 1. The zero-order valence-corrected chi connectivity index (χ0v) is 17.8. The minimum atomic E-state index is -0.650. The predicted molar refractivity (Wildman–Crippen MR) is 118 cm³/mol. The number of carbonyl (C=O) groups is 2. The van der Waals surface area contributed by atoms with E-state index in [2.05, 4.69) is 20.3 Å². The molecule has 0 atom stereocenters. The molecule has 0 aliphatic rings. The van der Waals surface area contributed by atoms with Gasteiger partial charge in [-0.2, -0.15) is 5.26 Å². The van der Waals surface area contributed by atoms with E-state index in [4.69, 9.17) is 10.00 Å². The molecule has 8 heteroatoms.